The SMILES string of the molecule is Cc1onc(-c2ccc(Cl)cc2N)c1O. The van der Waals surface area contributed by atoms with Crippen LogP contribution in [-0.4, -0.2) is 10.3 Å². The van der Waals surface area contributed by atoms with Crippen LogP contribution in [0, 0.1) is 6.92 Å². The third kappa shape index (κ3) is 1.64. The number of nitrogens with two attached hydrogens (primary N) is 1. The Kier molecular flexibility index (Phi) is 2.28. The number of rotatable bonds is 1. The molecular weight excluding hydrogens is 216 g/mol. The number of aryl methyl sites for hydroxylation is 1. The Morgan fingerprint density at radius 3 is 2.73 bits per heavy atom. The van der Waals surface area contributed by atoms with Gasteiger partial charge in [0.25, 0.3) is 0 Å². The number of halogens is 1. The van der Waals surface area contributed by atoms with Crippen LogP contribution in [0.1, 0.15) is 5.76 Å². The maximum atomic E-state index is 9.64. The highest BCUT2D eigenvalue weighted by Crippen LogP contribution is 2.35. The molecule has 1 aromatic heterocycles. The van der Waals surface area contributed by atoms with Gasteiger partial charge in [-0.05, 0) is 18.2 Å². The summed E-state index contributed by atoms with van der Waals surface area (Å²) in [4.78, 5) is 0. The van der Waals surface area contributed by atoms with Gasteiger partial charge >= 0.3 is 0 Å². The van der Waals surface area contributed by atoms with Crippen LogP contribution in [0.15, 0.2) is 22.7 Å². The van der Waals surface area contributed by atoms with E-state index in [0.717, 1.165) is 0 Å². The highest BCUT2D eigenvalue weighted by atomic mass is 35.5. The summed E-state index contributed by atoms with van der Waals surface area (Å²) in [5, 5.41) is 13.9. The van der Waals surface area contributed by atoms with Crippen molar-refractivity contribution in [2.45, 2.75) is 6.92 Å². The predicted octanol–water partition coefficient (Wildman–Crippen LogP) is 2.59. The third-order valence-electron chi connectivity index (χ3n) is 2.10. The van der Waals surface area contributed by atoms with Crippen molar-refractivity contribution in [1.82, 2.24) is 5.16 Å². The average Bonchev–Trinajstić information content (AvgIpc) is 2.49. The van der Waals surface area contributed by atoms with E-state index in [-0.39, 0.29) is 5.75 Å². The van der Waals surface area contributed by atoms with Crippen LogP contribution < -0.4 is 5.73 Å². The van der Waals surface area contributed by atoms with Crippen molar-refractivity contribution < 1.29 is 9.63 Å². The van der Waals surface area contributed by atoms with E-state index >= 15 is 0 Å². The minimum absolute atomic E-state index is 0.00372. The predicted molar refractivity (Wildman–Crippen MR) is 57.8 cm³/mol. The first-order chi connectivity index (χ1) is 7.09. The quantitative estimate of drug-likeness (QED) is 0.731. The number of aromatic hydroxyl groups is 1. The fourth-order valence-corrected chi connectivity index (χ4v) is 1.47. The number of aromatic nitrogens is 1. The molecule has 1 aromatic carbocycles. The topological polar surface area (TPSA) is 72.3 Å². The second-order valence-corrected chi connectivity index (χ2v) is 3.60. The number of benzene rings is 1. The Balaban J connectivity index is 2.59. The maximum Gasteiger partial charge on any atom is 0.186 e. The molecule has 1 heterocycles. The molecule has 0 aliphatic carbocycles. The zero-order chi connectivity index (χ0) is 11.0. The zero-order valence-corrected chi connectivity index (χ0v) is 8.75. The molecule has 0 saturated heterocycles. The highest BCUT2D eigenvalue weighted by molar-refractivity contribution is 6.31. The summed E-state index contributed by atoms with van der Waals surface area (Å²) in [7, 11) is 0. The van der Waals surface area contributed by atoms with Gasteiger partial charge in [0.05, 0.1) is 0 Å². The normalized spacial score (nSPS) is 10.5. The smallest absolute Gasteiger partial charge is 0.186 e. The van der Waals surface area contributed by atoms with E-state index in [4.69, 9.17) is 21.9 Å². The summed E-state index contributed by atoms with van der Waals surface area (Å²) < 4.78 is 4.85. The molecule has 0 bridgehead atoms. The second-order valence-electron chi connectivity index (χ2n) is 3.17. The molecule has 0 atom stereocenters. The molecule has 15 heavy (non-hydrogen) atoms. The first-order valence-electron chi connectivity index (χ1n) is 4.30. The molecular formula is C10H9ClN2O2. The fraction of sp³-hybridized carbons (Fsp3) is 0.100. The summed E-state index contributed by atoms with van der Waals surface area (Å²) >= 11 is 5.76. The van der Waals surface area contributed by atoms with Crippen LogP contribution in [0.2, 0.25) is 5.02 Å². The van der Waals surface area contributed by atoms with E-state index in [1.807, 2.05) is 0 Å². The van der Waals surface area contributed by atoms with Crippen molar-refractivity contribution in [3.63, 3.8) is 0 Å². The van der Waals surface area contributed by atoms with Crippen LogP contribution >= 0.6 is 11.6 Å². The largest absolute Gasteiger partial charge is 0.503 e. The average molecular weight is 225 g/mol. The van der Waals surface area contributed by atoms with Gasteiger partial charge < -0.3 is 15.4 Å². The molecule has 0 spiro atoms. The van der Waals surface area contributed by atoms with Crippen molar-refractivity contribution in [2.75, 3.05) is 5.73 Å². The molecule has 78 valence electrons. The van der Waals surface area contributed by atoms with Crippen LogP contribution in [0.3, 0.4) is 0 Å². The molecule has 0 amide bonds. The summed E-state index contributed by atoms with van der Waals surface area (Å²) in [6, 6.07) is 4.96. The molecule has 0 radical (unpaired) electrons. The Morgan fingerprint density at radius 2 is 2.20 bits per heavy atom. The number of nitrogen functional groups attached to an aromatic ring is 1. The molecule has 0 aliphatic rings. The maximum absolute atomic E-state index is 9.64. The number of hydrogen-bond acceptors (Lipinski definition) is 4. The molecule has 0 fully saturated rings. The number of anilines is 1. The Hall–Kier alpha value is -1.68. The minimum atomic E-state index is 0.00372. The molecule has 3 N–H and O–H groups in total. The molecule has 5 heteroatoms. The molecule has 0 unspecified atom stereocenters. The lowest BCUT2D eigenvalue weighted by atomic mass is 10.1. The van der Waals surface area contributed by atoms with E-state index in [1.165, 1.54) is 0 Å². The molecule has 0 saturated carbocycles. The lowest BCUT2D eigenvalue weighted by Gasteiger charge is -2.02. The summed E-state index contributed by atoms with van der Waals surface area (Å²) in [6.45, 7) is 1.62. The minimum Gasteiger partial charge on any atom is -0.503 e. The van der Waals surface area contributed by atoms with Crippen LogP contribution in [0.5, 0.6) is 5.75 Å². The van der Waals surface area contributed by atoms with Crippen LogP contribution in [0.25, 0.3) is 11.3 Å². The lowest BCUT2D eigenvalue weighted by Crippen LogP contribution is -1.90. The van der Waals surface area contributed by atoms with E-state index in [1.54, 1.807) is 25.1 Å². The van der Waals surface area contributed by atoms with Gasteiger partial charge in [0.1, 0.15) is 0 Å². The van der Waals surface area contributed by atoms with Crippen LogP contribution in [0.4, 0.5) is 5.69 Å². The molecule has 0 aliphatic heterocycles. The summed E-state index contributed by atoms with van der Waals surface area (Å²) in [5.74, 6) is 0.364. The first-order valence-corrected chi connectivity index (χ1v) is 4.68. The van der Waals surface area contributed by atoms with E-state index < -0.39 is 0 Å². The Morgan fingerprint density at radius 1 is 1.47 bits per heavy atom. The van der Waals surface area contributed by atoms with E-state index in [2.05, 4.69) is 5.16 Å². The number of nitrogens with zero attached hydrogens (tertiary/aromatic N) is 1. The highest BCUT2D eigenvalue weighted by Gasteiger charge is 2.15. The van der Waals surface area contributed by atoms with Gasteiger partial charge in [-0.1, -0.05) is 16.8 Å². The van der Waals surface area contributed by atoms with Crippen molar-refractivity contribution in [3.8, 4) is 17.0 Å². The second kappa shape index (κ2) is 3.47. The van der Waals surface area contributed by atoms with Crippen molar-refractivity contribution in [3.05, 3.63) is 29.0 Å². The van der Waals surface area contributed by atoms with E-state index in [0.29, 0.717) is 27.7 Å². The van der Waals surface area contributed by atoms with Gasteiger partial charge in [-0.2, -0.15) is 0 Å². The van der Waals surface area contributed by atoms with Crippen LogP contribution in [-0.2, 0) is 0 Å². The lowest BCUT2D eigenvalue weighted by molar-refractivity contribution is 0.384. The fourth-order valence-electron chi connectivity index (χ4n) is 1.29. The van der Waals surface area contributed by atoms with E-state index in [9.17, 15) is 5.11 Å². The standard InChI is InChI=1S/C10H9ClN2O2/c1-5-10(14)9(13-15-5)7-3-2-6(11)4-8(7)12/h2-4,14H,12H2,1H3. The molecule has 4 nitrogen and oxygen atoms in total. The van der Waals surface area contributed by atoms with Crippen molar-refractivity contribution in [1.29, 1.82) is 0 Å². The summed E-state index contributed by atoms with van der Waals surface area (Å²) in [6.07, 6.45) is 0. The van der Waals surface area contributed by atoms with Gasteiger partial charge in [-0.25, -0.2) is 0 Å². The molecule has 2 aromatic rings. The van der Waals surface area contributed by atoms with Gasteiger partial charge in [-0.3, -0.25) is 0 Å². The zero-order valence-electron chi connectivity index (χ0n) is 7.99. The van der Waals surface area contributed by atoms with Gasteiger partial charge in [0.2, 0.25) is 0 Å². The van der Waals surface area contributed by atoms with Crippen molar-refractivity contribution in [2.24, 2.45) is 0 Å². The monoisotopic (exact) mass is 224 g/mol. The van der Waals surface area contributed by atoms with Gasteiger partial charge in [-0.15, -0.1) is 0 Å². The van der Waals surface area contributed by atoms with Crippen molar-refractivity contribution >= 4 is 17.3 Å². The van der Waals surface area contributed by atoms with Gasteiger partial charge in [0, 0.05) is 23.2 Å². The van der Waals surface area contributed by atoms with Gasteiger partial charge in [0.15, 0.2) is 17.2 Å². The first kappa shape index (κ1) is 9.86. The third-order valence-corrected chi connectivity index (χ3v) is 2.34. The number of hydrogen-bond donors (Lipinski definition) is 2. The Labute approximate surface area is 91.3 Å². The Bertz CT molecular complexity index is 508. The summed E-state index contributed by atoms with van der Waals surface area (Å²) in [5.41, 5.74) is 7.14. The molecule has 2 rings (SSSR count).